The number of hydrogen-bond acceptors (Lipinski definition) is 2. The van der Waals surface area contributed by atoms with Gasteiger partial charge >= 0.3 is 12.4 Å². The fourth-order valence-corrected chi connectivity index (χ4v) is 8.28. The van der Waals surface area contributed by atoms with E-state index in [1.807, 2.05) is 132 Å². The zero-order valence-corrected chi connectivity index (χ0v) is 33.2. The SMILES string of the molecule is FC(F)(F)c1cccc(-c2cc(-c3cc(-c4ccccc4)nc(-c4ccccc4)n3)cc(-c3cccc(C(F)(F)F)c3)c2-n2c3ccccc3c3cc(-c4ccccc4)ccc32)c1. The Morgan fingerprint density at radius 3 is 1.38 bits per heavy atom. The molecule has 306 valence electrons. The van der Waals surface area contributed by atoms with Crippen LogP contribution in [0.25, 0.3) is 94.8 Å². The lowest BCUT2D eigenvalue weighted by molar-refractivity contribution is -0.138. The third-order valence-corrected chi connectivity index (χ3v) is 11.2. The van der Waals surface area contributed by atoms with Crippen molar-refractivity contribution < 1.29 is 26.3 Å². The van der Waals surface area contributed by atoms with Crippen molar-refractivity contribution in [3.63, 3.8) is 0 Å². The van der Waals surface area contributed by atoms with Gasteiger partial charge in [-0.15, -0.1) is 0 Å². The molecule has 2 heterocycles. The largest absolute Gasteiger partial charge is 0.416 e. The Morgan fingerprint density at radius 1 is 0.333 bits per heavy atom. The van der Waals surface area contributed by atoms with Gasteiger partial charge in [-0.2, -0.15) is 26.3 Å². The molecular weight excluding hydrogens is 805 g/mol. The maximum Gasteiger partial charge on any atom is 0.416 e. The zero-order valence-electron chi connectivity index (χ0n) is 33.2. The van der Waals surface area contributed by atoms with Gasteiger partial charge in [0, 0.05) is 38.6 Å². The Bertz CT molecular complexity index is 3170. The van der Waals surface area contributed by atoms with Gasteiger partial charge in [0.2, 0.25) is 0 Å². The lowest BCUT2D eigenvalue weighted by Gasteiger charge is -2.22. The van der Waals surface area contributed by atoms with Crippen LogP contribution >= 0.6 is 0 Å². The Morgan fingerprint density at radius 2 is 0.810 bits per heavy atom. The van der Waals surface area contributed by atoms with Crippen LogP contribution in [0, 0.1) is 0 Å². The highest BCUT2D eigenvalue weighted by atomic mass is 19.4. The molecule has 0 atom stereocenters. The smallest absolute Gasteiger partial charge is 0.308 e. The molecule has 0 amide bonds. The number of hydrogen-bond donors (Lipinski definition) is 0. The number of halogens is 6. The summed E-state index contributed by atoms with van der Waals surface area (Å²) in [5.41, 5.74) is 6.14. The number of fused-ring (bicyclic) bond motifs is 3. The fraction of sp³-hybridized carbons (Fsp3) is 0.0370. The van der Waals surface area contributed by atoms with Crippen LogP contribution in [0.15, 0.2) is 200 Å². The summed E-state index contributed by atoms with van der Waals surface area (Å²) in [5, 5.41) is 1.71. The number of benzene rings is 8. The quantitative estimate of drug-likeness (QED) is 0.150. The van der Waals surface area contributed by atoms with E-state index in [2.05, 4.69) is 6.07 Å². The summed E-state index contributed by atoms with van der Waals surface area (Å²) < 4.78 is 89.4. The molecule has 0 unspecified atom stereocenters. The van der Waals surface area contributed by atoms with Crippen LogP contribution in [-0.4, -0.2) is 14.5 Å². The molecule has 10 aromatic rings. The molecule has 9 heteroatoms. The highest BCUT2D eigenvalue weighted by Crippen LogP contribution is 2.46. The first-order valence-electron chi connectivity index (χ1n) is 20.1. The van der Waals surface area contributed by atoms with Gasteiger partial charge < -0.3 is 4.57 Å². The zero-order chi connectivity index (χ0) is 43.3. The molecule has 0 radical (unpaired) electrons. The molecule has 0 spiro atoms. The van der Waals surface area contributed by atoms with Gasteiger partial charge in [-0.1, -0.05) is 140 Å². The lowest BCUT2D eigenvalue weighted by Crippen LogP contribution is -2.07. The van der Waals surface area contributed by atoms with Crippen LogP contribution in [0.3, 0.4) is 0 Å². The second-order valence-corrected chi connectivity index (χ2v) is 15.2. The van der Waals surface area contributed by atoms with E-state index in [1.54, 1.807) is 30.3 Å². The van der Waals surface area contributed by atoms with Crippen molar-refractivity contribution in [2.24, 2.45) is 0 Å². The van der Waals surface area contributed by atoms with Gasteiger partial charge in [0.05, 0.1) is 39.2 Å². The van der Waals surface area contributed by atoms with Crippen LogP contribution in [-0.2, 0) is 12.4 Å². The van der Waals surface area contributed by atoms with Crippen LogP contribution < -0.4 is 0 Å². The average molecular weight is 838 g/mol. The lowest BCUT2D eigenvalue weighted by atomic mass is 9.90. The monoisotopic (exact) mass is 837 g/mol. The average Bonchev–Trinajstić information content (AvgIpc) is 3.64. The van der Waals surface area contributed by atoms with Gasteiger partial charge in [-0.3, -0.25) is 0 Å². The predicted molar refractivity (Wildman–Crippen MR) is 239 cm³/mol. The normalized spacial score (nSPS) is 12.0. The predicted octanol–water partition coefficient (Wildman–Crippen LogP) is 15.6. The van der Waals surface area contributed by atoms with E-state index in [1.165, 1.54) is 12.1 Å². The minimum Gasteiger partial charge on any atom is -0.308 e. The van der Waals surface area contributed by atoms with E-state index in [4.69, 9.17) is 9.97 Å². The number of nitrogens with zero attached hydrogens (tertiary/aromatic N) is 3. The van der Waals surface area contributed by atoms with E-state index >= 15 is 0 Å². The van der Waals surface area contributed by atoms with E-state index in [0.717, 1.165) is 57.3 Å². The Labute approximate surface area is 358 Å². The second-order valence-electron chi connectivity index (χ2n) is 15.2. The topological polar surface area (TPSA) is 30.7 Å². The van der Waals surface area contributed by atoms with Gasteiger partial charge in [0.25, 0.3) is 0 Å². The first kappa shape index (κ1) is 39.4. The van der Waals surface area contributed by atoms with Crippen LogP contribution in [0.1, 0.15) is 11.1 Å². The van der Waals surface area contributed by atoms with Crippen molar-refractivity contribution >= 4 is 21.8 Å². The Kier molecular flexibility index (Phi) is 9.75. The first-order valence-corrected chi connectivity index (χ1v) is 20.1. The van der Waals surface area contributed by atoms with Crippen molar-refractivity contribution in [3.05, 3.63) is 211 Å². The molecule has 0 bridgehead atoms. The summed E-state index contributed by atoms with van der Waals surface area (Å²) in [5.74, 6) is 0.397. The molecule has 0 fully saturated rings. The van der Waals surface area contributed by atoms with Crippen molar-refractivity contribution in [3.8, 4) is 73.0 Å². The van der Waals surface area contributed by atoms with Crippen molar-refractivity contribution in [2.45, 2.75) is 12.4 Å². The van der Waals surface area contributed by atoms with Gasteiger partial charge in [-0.25, -0.2) is 9.97 Å². The number of alkyl halides is 6. The molecule has 0 saturated heterocycles. The number of rotatable bonds is 7. The fourth-order valence-electron chi connectivity index (χ4n) is 8.28. The number of para-hydroxylation sites is 1. The summed E-state index contributed by atoms with van der Waals surface area (Å²) in [7, 11) is 0. The molecule has 2 aromatic heterocycles. The molecule has 0 aliphatic carbocycles. The summed E-state index contributed by atoms with van der Waals surface area (Å²) >= 11 is 0. The first-order chi connectivity index (χ1) is 30.5. The molecule has 0 N–H and O–H groups in total. The Hall–Kier alpha value is -7.78. The summed E-state index contributed by atoms with van der Waals surface area (Å²) in [6.07, 6.45) is -9.36. The third kappa shape index (κ3) is 7.52. The highest BCUT2D eigenvalue weighted by molar-refractivity contribution is 6.12. The standard InChI is InChI=1S/C54H33F6N3/c55-53(56,57)41-22-12-20-38(28-41)44-31-40(48-33-47(35-16-6-2-7-17-35)61-52(62-48)36-18-8-3-9-19-36)32-45(39-21-13-23-42(29-39)54(58,59)60)51(44)63-49-25-11-10-24-43(49)46-30-37(26-27-50(46)63)34-14-4-1-5-15-34/h1-33H. The molecule has 10 rings (SSSR count). The highest BCUT2D eigenvalue weighted by Gasteiger charge is 2.33. The van der Waals surface area contributed by atoms with Crippen LogP contribution in [0.2, 0.25) is 0 Å². The maximum absolute atomic E-state index is 14.6. The van der Waals surface area contributed by atoms with E-state index < -0.39 is 23.5 Å². The molecule has 0 saturated carbocycles. The second kappa shape index (κ2) is 15.6. The van der Waals surface area contributed by atoms with E-state index in [-0.39, 0.29) is 11.1 Å². The van der Waals surface area contributed by atoms with E-state index in [9.17, 15) is 26.3 Å². The van der Waals surface area contributed by atoms with Crippen molar-refractivity contribution in [2.75, 3.05) is 0 Å². The van der Waals surface area contributed by atoms with E-state index in [0.29, 0.717) is 50.6 Å². The minimum absolute atomic E-state index is 0.211. The van der Waals surface area contributed by atoms with Gasteiger partial charge in [0.1, 0.15) is 0 Å². The maximum atomic E-state index is 14.6. The van der Waals surface area contributed by atoms with Crippen molar-refractivity contribution in [1.29, 1.82) is 0 Å². The van der Waals surface area contributed by atoms with Crippen molar-refractivity contribution in [1.82, 2.24) is 14.5 Å². The minimum atomic E-state index is -4.68. The summed E-state index contributed by atoms with van der Waals surface area (Å²) in [6, 6.07) is 57.9. The summed E-state index contributed by atoms with van der Waals surface area (Å²) in [4.78, 5) is 9.96. The molecule has 0 aliphatic rings. The third-order valence-electron chi connectivity index (χ3n) is 11.2. The van der Waals surface area contributed by atoms with Gasteiger partial charge in [-0.05, 0) is 82.9 Å². The molecule has 8 aromatic carbocycles. The van der Waals surface area contributed by atoms with Crippen LogP contribution in [0.4, 0.5) is 26.3 Å². The Balaban J connectivity index is 1.35. The molecule has 0 aliphatic heterocycles. The molecule has 63 heavy (non-hydrogen) atoms. The molecule has 3 nitrogen and oxygen atoms in total. The molecular formula is C54H33F6N3. The summed E-state index contributed by atoms with van der Waals surface area (Å²) in [6.45, 7) is 0. The van der Waals surface area contributed by atoms with Crippen LogP contribution in [0.5, 0.6) is 0 Å². The van der Waals surface area contributed by atoms with Gasteiger partial charge in [0.15, 0.2) is 5.82 Å². The number of aromatic nitrogens is 3.